The summed E-state index contributed by atoms with van der Waals surface area (Å²) in [6.45, 7) is 6.14. The minimum absolute atomic E-state index is 0.0522. The van der Waals surface area contributed by atoms with Crippen molar-refractivity contribution < 1.29 is 9.59 Å². The molecule has 0 aromatic rings. The predicted molar refractivity (Wildman–Crippen MR) is 79.2 cm³/mol. The van der Waals surface area contributed by atoms with Crippen LogP contribution in [-0.2, 0) is 9.59 Å². The molecule has 2 rings (SSSR count). The first-order chi connectivity index (χ1) is 9.60. The number of rotatable bonds is 4. The molecule has 0 aromatic heterocycles. The molecule has 4 heteroatoms. The lowest BCUT2D eigenvalue weighted by Crippen LogP contribution is -2.67. The molecule has 1 saturated carbocycles. The van der Waals surface area contributed by atoms with E-state index >= 15 is 0 Å². The highest BCUT2D eigenvalue weighted by Gasteiger charge is 2.44. The Kier molecular flexibility index (Phi) is 5.06. The molecule has 114 valence electrons. The molecule has 3 atom stereocenters. The molecule has 2 fully saturated rings. The van der Waals surface area contributed by atoms with Crippen molar-refractivity contribution in [2.24, 2.45) is 5.92 Å². The van der Waals surface area contributed by atoms with E-state index in [0.29, 0.717) is 6.42 Å². The van der Waals surface area contributed by atoms with Crippen molar-refractivity contribution in [3.8, 4) is 0 Å². The van der Waals surface area contributed by atoms with Gasteiger partial charge in [-0.05, 0) is 25.2 Å². The molecule has 1 aliphatic carbocycles. The Labute approximate surface area is 122 Å². The quantitative estimate of drug-likeness (QED) is 0.860. The number of nitrogens with one attached hydrogen (secondary N) is 1. The van der Waals surface area contributed by atoms with Crippen molar-refractivity contribution >= 4 is 11.8 Å². The number of hydrogen-bond acceptors (Lipinski definition) is 2. The van der Waals surface area contributed by atoms with Crippen molar-refractivity contribution in [1.29, 1.82) is 0 Å². The van der Waals surface area contributed by atoms with Crippen molar-refractivity contribution in [2.45, 2.75) is 83.8 Å². The van der Waals surface area contributed by atoms with Crippen LogP contribution in [-0.4, -0.2) is 34.8 Å². The van der Waals surface area contributed by atoms with Crippen molar-refractivity contribution in [1.82, 2.24) is 10.2 Å². The van der Waals surface area contributed by atoms with Gasteiger partial charge in [0.1, 0.15) is 12.1 Å². The van der Waals surface area contributed by atoms with E-state index in [4.69, 9.17) is 0 Å². The standard InChI is InChI=1S/C16H28N2O2/c1-4-11(3)14-15(19)17-13(5-2)16(20)18(14)12-9-7-6-8-10-12/h11-14H,4-10H2,1-3H3,(H,17,19). The summed E-state index contributed by atoms with van der Waals surface area (Å²) in [4.78, 5) is 27.2. The van der Waals surface area contributed by atoms with Gasteiger partial charge in [0.05, 0.1) is 0 Å². The van der Waals surface area contributed by atoms with Crippen LogP contribution in [0.5, 0.6) is 0 Å². The van der Waals surface area contributed by atoms with Crippen LogP contribution in [0, 0.1) is 5.92 Å². The number of piperazine rings is 1. The third-order valence-corrected chi connectivity index (χ3v) is 5.00. The Balaban J connectivity index is 2.26. The molecule has 0 spiro atoms. The Morgan fingerprint density at radius 1 is 1.20 bits per heavy atom. The maximum atomic E-state index is 12.7. The van der Waals surface area contributed by atoms with Gasteiger partial charge < -0.3 is 10.2 Å². The van der Waals surface area contributed by atoms with E-state index in [1.54, 1.807) is 0 Å². The second-order valence-electron chi connectivity index (χ2n) is 6.34. The van der Waals surface area contributed by atoms with Gasteiger partial charge in [0.15, 0.2) is 0 Å². The second-order valence-corrected chi connectivity index (χ2v) is 6.34. The van der Waals surface area contributed by atoms with Gasteiger partial charge in [-0.2, -0.15) is 0 Å². The largest absolute Gasteiger partial charge is 0.343 e. The monoisotopic (exact) mass is 280 g/mol. The molecule has 1 saturated heterocycles. The molecular weight excluding hydrogens is 252 g/mol. The smallest absolute Gasteiger partial charge is 0.246 e. The average Bonchev–Trinajstić information content (AvgIpc) is 2.48. The molecule has 2 amide bonds. The van der Waals surface area contributed by atoms with Crippen LogP contribution in [0.2, 0.25) is 0 Å². The van der Waals surface area contributed by atoms with E-state index in [1.807, 2.05) is 11.8 Å². The molecule has 1 aliphatic heterocycles. The average molecular weight is 280 g/mol. The summed E-state index contributed by atoms with van der Waals surface area (Å²) < 4.78 is 0. The molecule has 4 nitrogen and oxygen atoms in total. The van der Waals surface area contributed by atoms with E-state index in [1.165, 1.54) is 19.3 Å². The lowest BCUT2D eigenvalue weighted by atomic mass is 9.87. The zero-order valence-corrected chi connectivity index (χ0v) is 13.0. The van der Waals surface area contributed by atoms with Gasteiger partial charge in [-0.15, -0.1) is 0 Å². The first-order valence-corrected chi connectivity index (χ1v) is 8.22. The van der Waals surface area contributed by atoms with Gasteiger partial charge in [-0.3, -0.25) is 9.59 Å². The Bertz CT molecular complexity index is 363. The highest BCUT2D eigenvalue weighted by molar-refractivity contribution is 5.97. The molecule has 1 heterocycles. The third kappa shape index (κ3) is 2.84. The fourth-order valence-electron chi connectivity index (χ4n) is 3.56. The molecule has 0 aromatic carbocycles. The Morgan fingerprint density at radius 3 is 2.40 bits per heavy atom. The molecule has 20 heavy (non-hydrogen) atoms. The summed E-state index contributed by atoms with van der Waals surface area (Å²) in [5, 5.41) is 2.92. The highest BCUT2D eigenvalue weighted by atomic mass is 16.2. The molecule has 0 bridgehead atoms. The summed E-state index contributed by atoms with van der Waals surface area (Å²) in [6.07, 6.45) is 7.34. The summed E-state index contributed by atoms with van der Waals surface area (Å²) in [5.74, 6) is 0.416. The molecular formula is C16H28N2O2. The number of carbonyl (C=O) groups excluding carboxylic acids is 2. The summed E-state index contributed by atoms with van der Waals surface area (Å²) in [5.41, 5.74) is 0. The number of nitrogens with zero attached hydrogens (tertiary/aromatic N) is 1. The minimum atomic E-state index is -0.315. The zero-order valence-electron chi connectivity index (χ0n) is 13.0. The van der Waals surface area contributed by atoms with Crippen LogP contribution in [0.4, 0.5) is 0 Å². The van der Waals surface area contributed by atoms with Crippen molar-refractivity contribution in [3.63, 3.8) is 0 Å². The Morgan fingerprint density at radius 2 is 1.85 bits per heavy atom. The van der Waals surface area contributed by atoms with Crippen LogP contribution in [0.1, 0.15) is 65.7 Å². The first kappa shape index (κ1) is 15.3. The van der Waals surface area contributed by atoms with Crippen molar-refractivity contribution in [3.05, 3.63) is 0 Å². The van der Waals surface area contributed by atoms with E-state index in [9.17, 15) is 9.59 Å². The molecule has 3 unspecified atom stereocenters. The molecule has 0 radical (unpaired) electrons. The predicted octanol–water partition coefficient (Wildman–Crippen LogP) is 2.47. The topological polar surface area (TPSA) is 49.4 Å². The number of carbonyl (C=O) groups is 2. The van der Waals surface area contributed by atoms with Crippen LogP contribution in [0.15, 0.2) is 0 Å². The van der Waals surface area contributed by atoms with E-state index in [2.05, 4.69) is 19.2 Å². The van der Waals surface area contributed by atoms with Gasteiger partial charge in [0.2, 0.25) is 11.8 Å². The second kappa shape index (κ2) is 6.59. The zero-order chi connectivity index (χ0) is 14.7. The van der Waals surface area contributed by atoms with Crippen molar-refractivity contribution in [2.75, 3.05) is 0 Å². The third-order valence-electron chi connectivity index (χ3n) is 5.00. The first-order valence-electron chi connectivity index (χ1n) is 8.22. The summed E-state index contributed by atoms with van der Waals surface area (Å²) in [6, 6.07) is -0.307. The van der Waals surface area contributed by atoms with Gasteiger partial charge >= 0.3 is 0 Å². The summed E-state index contributed by atoms with van der Waals surface area (Å²) in [7, 11) is 0. The summed E-state index contributed by atoms with van der Waals surface area (Å²) >= 11 is 0. The van der Waals surface area contributed by atoms with Gasteiger partial charge in [-0.1, -0.05) is 46.5 Å². The lowest BCUT2D eigenvalue weighted by molar-refractivity contribution is -0.155. The van der Waals surface area contributed by atoms with Gasteiger partial charge in [0, 0.05) is 6.04 Å². The minimum Gasteiger partial charge on any atom is -0.343 e. The highest BCUT2D eigenvalue weighted by Crippen LogP contribution is 2.30. The van der Waals surface area contributed by atoms with E-state index in [-0.39, 0.29) is 35.9 Å². The maximum Gasteiger partial charge on any atom is 0.246 e. The number of hydrogen-bond donors (Lipinski definition) is 1. The fourth-order valence-corrected chi connectivity index (χ4v) is 3.56. The fraction of sp³-hybridized carbons (Fsp3) is 0.875. The normalized spacial score (nSPS) is 30.2. The van der Waals surface area contributed by atoms with Gasteiger partial charge in [-0.25, -0.2) is 0 Å². The van der Waals surface area contributed by atoms with Crippen LogP contribution in [0.25, 0.3) is 0 Å². The lowest BCUT2D eigenvalue weighted by Gasteiger charge is -2.46. The Hall–Kier alpha value is -1.06. The van der Waals surface area contributed by atoms with Crippen LogP contribution in [0.3, 0.4) is 0 Å². The SMILES string of the molecule is CCC1NC(=O)C(C(C)CC)N(C2CCCCC2)C1=O. The van der Waals surface area contributed by atoms with Gasteiger partial charge in [0.25, 0.3) is 0 Å². The molecule has 1 N–H and O–H groups in total. The number of amides is 2. The van der Waals surface area contributed by atoms with Crippen LogP contribution >= 0.6 is 0 Å². The van der Waals surface area contributed by atoms with Crippen LogP contribution < -0.4 is 5.32 Å². The maximum absolute atomic E-state index is 12.7. The molecule has 2 aliphatic rings. The van der Waals surface area contributed by atoms with E-state index in [0.717, 1.165) is 19.3 Å². The van der Waals surface area contributed by atoms with E-state index < -0.39 is 0 Å².